The SMILES string of the molecule is Cc1cc2c(c(=O)n1-c1ccccc1)[C@H]1O[C@](c3ccsc3)(Cc3cc(C#N)ccc31)O2. The zero-order chi connectivity index (χ0) is 21.9. The van der Waals surface area contributed by atoms with E-state index in [0.29, 0.717) is 23.3 Å². The predicted molar refractivity (Wildman–Crippen MR) is 121 cm³/mol. The van der Waals surface area contributed by atoms with Crippen molar-refractivity contribution in [3.05, 3.63) is 115 Å². The fourth-order valence-electron chi connectivity index (χ4n) is 4.73. The Hall–Kier alpha value is -3.66. The summed E-state index contributed by atoms with van der Waals surface area (Å²) >= 11 is 1.57. The van der Waals surface area contributed by atoms with Gasteiger partial charge in [-0.3, -0.25) is 9.36 Å². The van der Waals surface area contributed by atoms with Gasteiger partial charge in [0.15, 0.2) is 0 Å². The molecule has 0 amide bonds. The minimum absolute atomic E-state index is 0.160. The van der Waals surface area contributed by atoms with Crippen molar-refractivity contribution >= 4 is 11.3 Å². The lowest BCUT2D eigenvalue weighted by molar-refractivity contribution is -0.237. The molecule has 0 fully saturated rings. The number of hydrogen-bond donors (Lipinski definition) is 0. The van der Waals surface area contributed by atoms with Crippen molar-refractivity contribution in [2.24, 2.45) is 0 Å². The highest BCUT2D eigenvalue weighted by Gasteiger charge is 2.50. The highest BCUT2D eigenvalue weighted by atomic mass is 32.1. The first kappa shape index (κ1) is 19.1. The lowest BCUT2D eigenvalue weighted by atomic mass is 9.84. The maximum Gasteiger partial charge on any atom is 0.265 e. The van der Waals surface area contributed by atoms with Gasteiger partial charge in [-0.15, -0.1) is 0 Å². The van der Waals surface area contributed by atoms with Crippen LogP contribution < -0.4 is 10.3 Å². The Labute approximate surface area is 188 Å². The van der Waals surface area contributed by atoms with E-state index in [1.54, 1.807) is 22.0 Å². The van der Waals surface area contributed by atoms with Crippen molar-refractivity contribution in [1.29, 1.82) is 5.26 Å². The number of ether oxygens (including phenoxy) is 2. The monoisotopic (exact) mass is 438 g/mol. The molecular formula is C26H18N2O3S. The first-order chi connectivity index (χ1) is 15.6. The van der Waals surface area contributed by atoms with Crippen LogP contribution >= 0.6 is 11.3 Å². The summed E-state index contributed by atoms with van der Waals surface area (Å²) in [6.45, 7) is 1.91. The molecule has 0 saturated carbocycles. The second-order valence-corrected chi connectivity index (χ2v) is 8.89. The van der Waals surface area contributed by atoms with Crippen LogP contribution in [0.3, 0.4) is 0 Å². The summed E-state index contributed by atoms with van der Waals surface area (Å²) in [6.07, 6.45) is -0.121. The first-order valence-electron chi connectivity index (χ1n) is 10.3. The molecular weight excluding hydrogens is 420 g/mol. The molecule has 0 N–H and O–H groups in total. The van der Waals surface area contributed by atoms with Gasteiger partial charge in [0.1, 0.15) is 11.9 Å². The average Bonchev–Trinajstić information content (AvgIpc) is 3.35. The Balaban J connectivity index is 1.63. The van der Waals surface area contributed by atoms with E-state index >= 15 is 0 Å². The third-order valence-corrected chi connectivity index (χ3v) is 6.87. The standard InChI is InChI=1S/C26H18N2O3S/c1-16-11-22-23(25(29)28(16)20-5-3-2-4-6-20)24-21-8-7-17(14-27)12-18(21)13-26(30-22,31-24)19-9-10-32-15-19/h2-12,15,24H,13H2,1H3/t24-,26-/m0/s1. The molecule has 2 bridgehead atoms. The fraction of sp³-hybridized carbons (Fsp3) is 0.154. The molecule has 2 aliphatic rings. The number of benzene rings is 2. The molecule has 0 saturated heterocycles. The van der Waals surface area contributed by atoms with E-state index < -0.39 is 11.9 Å². The van der Waals surface area contributed by atoms with Crippen LogP contribution in [0.2, 0.25) is 0 Å². The van der Waals surface area contributed by atoms with Gasteiger partial charge in [0, 0.05) is 34.8 Å². The number of pyridine rings is 1. The predicted octanol–water partition coefficient (Wildman–Crippen LogP) is 4.99. The number of nitrogens with zero attached hydrogens (tertiary/aromatic N) is 2. The number of hydrogen-bond acceptors (Lipinski definition) is 5. The van der Waals surface area contributed by atoms with Crippen molar-refractivity contribution in [3.63, 3.8) is 0 Å². The molecule has 0 spiro atoms. The Bertz CT molecular complexity index is 1450. The summed E-state index contributed by atoms with van der Waals surface area (Å²) in [6, 6.07) is 21.3. The molecule has 2 aliphatic heterocycles. The molecule has 4 aromatic rings. The topological polar surface area (TPSA) is 64.2 Å². The highest BCUT2D eigenvalue weighted by molar-refractivity contribution is 7.08. The van der Waals surface area contributed by atoms with Crippen molar-refractivity contribution in [1.82, 2.24) is 4.57 Å². The third-order valence-electron chi connectivity index (χ3n) is 6.19. The van der Waals surface area contributed by atoms with Crippen LogP contribution in [0.25, 0.3) is 5.69 Å². The molecule has 6 heteroatoms. The normalized spacial score (nSPS) is 20.6. The van der Waals surface area contributed by atoms with E-state index in [0.717, 1.165) is 28.1 Å². The Morgan fingerprint density at radius 2 is 2.00 bits per heavy atom. The summed E-state index contributed by atoms with van der Waals surface area (Å²) in [7, 11) is 0. The minimum Gasteiger partial charge on any atom is -0.457 e. The average molecular weight is 439 g/mol. The summed E-state index contributed by atoms with van der Waals surface area (Å²) in [5.41, 5.74) is 5.27. The van der Waals surface area contributed by atoms with Gasteiger partial charge in [-0.2, -0.15) is 16.6 Å². The fourth-order valence-corrected chi connectivity index (χ4v) is 5.44. The van der Waals surface area contributed by atoms with Crippen LogP contribution in [0.5, 0.6) is 5.75 Å². The van der Waals surface area contributed by atoms with Gasteiger partial charge in [-0.1, -0.05) is 24.3 Å². The zero-order valence-corrected chi connectivity index (χ0v) is 18.1. The largest absolute Gasteiger partial charge is 0.457 e. The van der Waals surface area contributed by atoms with Gasteiger partial charge in [-0.05, 0) is 53.8 Å². The molecule has 2 aromatic carbocycles. The molecule has 5 nitrogen and oxygen atoms in total. The van der Waals surface area contributed by atoms with E-state index in [1.807, 2.05) is 72.3 Å². The molecule has 0 radical (unpaired) electrons. The summed E-state index contributed by atoms with van der Waals surface area (Å²) in [5, 5.41) is 13.4. The van der Waals surface area contributed by atoms with Crippen LogP contribution in [0.1, 0.15) is 39.6 Å². The second-order valence-electron chi connectivity index (χ2n) is 8.11. The number of aryl methyl sites for hydroxylation is 1. The van der Waals surface area contributed by atoms with Gasteiger partial charge in [0.05, 0.1) is 17.2 Å². The Morgan fingerprint density at radius 1 is 1.16 bits per heavy atom. The molecule has 2 aromatic heterocycles. The first-order valence-corrected chi connectivity index (χ1v) is 11.3. The molecule has 32 heavy (non-hydrogen) atoms. The lowest BCUT2D eigenvalue weighted by Gasteiger charge is -2.46. The molecule has 6 rings (SSSR count). The summed E-state index contributed by atoms with van der Waals surface area (Å²) < 4.78 is 14.8. The minimum atomic E-state index is -1.03. The van der Waals surface area contributed by atoms with E-state index in [4.69, 9.17) is 9.47 Å². The maximum atomic E-state index is 13.8. The smallest absolute Gasteiger partial charge is 0.265 e. The van der Waals surface area contributed by atoms with Gasteiger partial charge >= 0.3 is 0 Å². The number of nitriles is 1. The molecule has 0 unspecified atom stereocenters. The molecule has 2 atom stereocenters. The highest BCUT2D eigenvalue weighted by Crippen LogP contribution is 2.51. The van der Waals surface area contributed by atoms with Gasteiger partial charge in [0.2, 0.25) is 5.79 Å². The zero-order valence-electron chi connectivity index (χ0n) is 17.2. The maximum absolute atomic E-state index is 13.8. The van der Waals surface area contributed by atoms with E-state index in [2.05, 4.69) is 6.07 Å². The van der Waals surface area contributed by atoms with E-state index in [1.165, 1.54) is 0 Å². The van der Waals surface area contributed by atoms with Crippen LogP contribution in [0, 0.1) is 18.3 Å². The molecule has 4 heterocycles. The van der Waals surface area contributed by atoms with Crippen LogP contribution in [0.15, 0.2) is 76.2 Å². The van der Waals surface area contributed by atoms with Gasteiger partial charge < -0.3 is 9.47 Å². The Kier molecular flexibility index (Phi) is 4.12. The van der Waals surface area contributed by atoms with Crippen LogP contribution in [-0.2, 0) is 16.9 Å². The van der Waals surface area contributed by atoms with Crippen molar-refractivity contribution in [2.45, 2.75) is 25.2 Å². The number of para-hydroxylation sites is 1. The number of rotatable bonds is 2. The number of aromatic nitrogens is 1. The Morgan fingerprint density at radius 3 is 2.75 bits per heavy atom. The summed E-state index contributed by atoms with van der Waals surface area (Å²) in [5.74, 6) is -0.478. The lowest BCUT2D eigenvalue weighted by Crippen LogP contribution is -2.48. The van der Waals surface area contributed by atoms with Gasteiger partial charge in [0.25, 0.3) is 5.56 Å². The van der Waals surface area contributed by atoms with Crippen molar-refractivity contribution in [3.8, 4) is 17.5 Å². The van der Waals surface area contributed by atoms with Crippen LogP contribution in [-0.4, -0.2) is 4.57 Å². The summed E-state index contributed by atoms with van der Waals surface area (Å²) in [4.78, 5) is 13.8. The number of fused-ring (bicyclic) bond motifs is 6. The van der Waals surface area contributed by atoms with Gasteiger partial charge in [-0.25, -0.2) is 0 Å². The van der Waals surface area contributed by atoms with Crippen molar-refractivity contribution < 1.29 is 9.47 Å². The van der Waals surface area contributed by atoms with E-state index in [9.17, 15) is 10.1 Å². The quantitative estimate of drug-likeness (QED) is 0.442. The number of thiophene rings is 1. The molecule has 0 aliphatic carbocycles. The van der Waals surface area contributed by atoms with Crippen LogP contribution in [0.4, 0.5) is 0 Å². The second kappa shape index (κ2) is 6.92. The van der Waals surface area contributed by atoms with E-state index in [-0.39, 0.29) is 5.56 Å². The third kappa shape index (κ3) is 2.69. The molecule has 156 valence electrons. The van der Waals surface area contributed by atoms with Crippen molar-refractivity contribution in [2.75, 3.05) is 0 Å².